The summed E-state index contributed by atoms with van der Waals surface area (Å²) >= 11 is 1.49. The van der Waals surface area contributed by atoms with Crippen molar-refractivity contribution < 1.29 is 0 Å². The van der Waals surface area contributed by atoms with Crippen LogP contribution in [-0.2, 0) is 5.75 Å². The summed E-state index contributed by atoms with van der Waals surface area (Å²) in [7, 11) is 0. The van der Waals surface area contributed by atoms with Gasteiger partial charge in [0.05, 0.1) is 11.4 Å². The Morgan fingerprint density at radius 1 is 1.20 bits per heavy atom. The topological polar surface area (TPSA) is 87.3 Å². The number of nitrogens with zero attached hydrogens (tertiary/aromatic N) is 3. The van der Waals surface area contributed by atoms with Crippen LogP contribution in [0.15, 0.2) is 16.0 Å². The lowest BCUT2D eigenvalue weighted by Gasteiger charge is -2.01. The molecule has 0 spiro atoms. The molecule has 0 amide bonds. The molecule has 104 valence electrons. The second-order valence-electron chi connectivity index (χ2n) is 5.45. The van der Waals surface area contributed by atoms with Gasteiger partial charge in [0.25, 0.3) is 5.56 Å². The van der Waals surface area contributed by atoms with Crippen LogP contribution < -0.4 is 5.56 Å². The van der Waals surface area contributed by atoms with Gasteiger partial charge in [-0.05, 0) is 25.7 Å². The molecule has 0 bridgehead atoms. The number of hydrogen-bond donors (Lipinski definition) is 2. The SMILES string of the molecule is O=c1cc(C2CC2)nc(SCc2nc(C3CC3)n[nH]2)[nH]1. The third-order valence-corrected chi connectivity index (χ3v) is 4.46. The quantitative estimate of drug-likeness (QED) is 0.648. The van der Waals surface area contributed by atoms with E-state index in [0.717, 1.165) is 30.2 Å². The van der Waals surface area contributed by atoms with Crippen molar-refractivity contribution in [3.63, 3.8) is 0 Å². The molecular formula is C13H15N5OS. The standard InChI is InChI=1S/C13H15N5OS/c19-11-5-9(7-1-2-7)14-13(16-11)20-6-10-15-12(18-17-10)8-3-4-8/h5,7-8H,1-4,6H2,(H,14,16,19)(H,15,17,18). The van der Waals surface area contributed by atoms with Gasteiger partial charge in [-0.25, -0.2) is 9.97 Å². The van der Waals surface area contributed by atoms with Crippen molar-refractivity contribution in [1.29, 1.82) is 0 Å². The molecule has 2 saturated carbocycles. The van der Waals surface area contributed by atoms with Crippen molar-refractivity contribution >= 4 is 11.8 Å². The van der Waals surface area contributed by atoms with Crippen molar-refractivity contribution in [1.82, 2.24) is 25.1 Å². The normalized spacial score (nSPS) is 18.4. The molecule has 2 fully saturated rings. The summed E-state index contributed by atoms with van der Waals surface area (Å²) in [5, 5.41) is 7.85. The number of aromatic amines is 2. The molecule has 4 rings (SSSR count). The van der Waals surface area contributed by atoms with Gasteiger partial charge in [0.1, 0.15) is 5.82 Å². The molecule has 2 aromatic heterocycles. The van der Waals surface area contributed by atoms with E-state index in [1.54, 1.807) is 6.07 Å². The molecule has 0 aromatic carbocycles. The zero-order chi connectivity index (χ0) is 13.5. The van der Waals surface area contributed by atoms with E-state index in [9.17, 15) is 4.79 Å². The lowest BCUT2D eigenvalue weighted by molar-refractivity contribution is 0.860. The Hall–Kier alpha value is -1.63. The first-order valence-corrected chi connectivity index (χ1v) is 7.92. The van der Waals surface area contributed by atoms with E-state index >= 15 is 0 Å². The van der Waals surface area contributed by atoms with Crippen LogP contribution in [0.1, 0.15) is 54.9 Å². The number of aromatic nitrogens is 5. The Morgan fingerprint density at radius 3 is 2.75 bits per heavy atom. The fourth-order valence-electron chi connectivity index (χ4n) is 2.15. The van der Waals surface area contributed by atoms with E-state index in [4.69, 9.17) is 0 Å². The second-order valence-corrected chi connectivity index (χ2v) is 6.42. The van der Waals surface area contributed by atoms with Gasteiger partial charge in [-0.2, -0.15) is 5.10 Å². The third-order valence-electron chi connectivity index (χ3n) is 3.57. The average molecular weight is 289 g/mol. The van der Waals surface area contributed by atoms with Crippen LogP contribution in [0.3, 0.4) is 0 Å². The Kier molecular flexibility index (Phi) is 2.87. The fraction of sp³-hybridized carbons (Fsp3) is 0.538. The van der Waals surface area contributed by atoms with Crippen LogP contribution >= 0.6 is 11.8 Å². The van der Waals surface area contributed by atoms with E-state index in [2.05, 4.69) is 25.1 Å². The molecule has 6 nitrogen and oxygen atoms in total. The monoisotopic (exact) mass is 289 g/mol. The molecule has 0 aliphatic heterocycles. The van der Waals surface area contributed by atoms with E-state index in [1.807, 2.05) is 0 Å². The number of thioether (sulfide) groups is 1. The maximum atomic E-state index is 11.6. The minimum absolute atomic E-state index is 0.0689. The molecule has 20 heavy (non-hydrogen) atoms. The largest absolute Gasteiger partial charge is 0.301 e. The van der Waals surface area contributed by atoms with Crippen LogP contribution in [0.2, 0.25) is 0 Å². The highest BCUT2D eigenvalue weighted by Gasteiger charge is 2.28. The lowest BCUT2D eigenvalue weighted by atomic mass is 10.3. The molecule has 2 aromatic rings. The highest BCUT2D eigenvalue weighted by Crippen LogP contribution is 2.39. The third kappa shape index (κ3) is 2.63. The molecule has 0 atom stereocenters. The summed E-state index contributed by atoms with van der Waals surface area (Å²) in [4.78, 5) is 23.4. The summed E-state index contributed by atoms with van der Waals surface area (Å²) in [6, 6.07) is 1.61. The van der Waals surface area contributed by atoms with Crippen molar-refractivity contribution in [3.05, 3.63) is 33.8 Å². The minimum atomic E-state index is -0.0689. The van der Waals surface area contributed by atoms with Crippen molar-refractivity contribution in [3.8, 4) is 0 Å². The van der Waals surface area contributed by atoms with Gasteiger partial charge in [0.15, 0.2) is 11.0 Å². The number of nitrogens with one attached hydrogen (secondary N) is 2. The zero-order valence-electron chi connectivity index (χ0n) is 10.9. The molecule has 0 unspecified atom stereocenters. The smallest absolute Gasteiger partial charge is 0.251 e. The van der Waals surface area contributed by atoms with Crippen molar-refractivity contribution in [2.45, 2.75) is 48.4 Å². The summed E-state index contributed by atoms with van der Waals surface area (Å²) < 4.78 is 0. The first kappa shape index (κ1) is 12.1. The summed E-state index contributed by atoms with van der Waals surface area (Å²) in [6.45, 7) is 0. The number of hydrogen-bond acceptors (Lipinski definition) is 5. The molecule has 2 heterocycles. The Balaban J connectivity index is 1.46. The molecule has 2 N–H and O–H groups in total. The maximum absolute atomic E-state index is 11.6. The number of H-pyrrole nitrogens is 2. The van der Waals surface area contributed by atoms with E-state index in [1.165, 1.54) is 24.6 Å². The fourth-order valence-corrected chi connectivity index (χ4v) is 2.89. The molecule has 0 saturated heterocycles. The van der Waals surface area contributed by atoms with Gasteiger partial charge in [-0.1, -0.05) is 11.8 Å². The minimum Gasteiger partial charge on any atom is -0.301 e. The first-order valence-electron chi connectivity index (χ1n) is 6.93. The van der Waals surface area contributed by atoms with Gasteiger partial charge >= 0.3 is 0 Å². The van der Waals surface area contributed by atoms with E-state index in [0.29, 0.717) is 22.7 Å². The molecule has 0 radical (unpaired) electrons. The zero-order valence-corrected chi connectivity index (χ0v) is 11.7. The van der Waals surface area contributed by atoms with E-state index in [-0.39, 0.29) is 5.56 Å². The van der Waals surface area contributed by atoms with Crippen molar-refractivity contribution in [2.24, 2.45) is 0 Å². The van der Waals surface area contributed by atoms with Crippen molar-refractivity contribution in [2.75, 3.05) is 0 Å². The van der Waals surface area contributed by atoms with Crippen LogP contribution in [0.4, 0.5) is 0 Å². The first-order chi connectivity index (χ1) is 9.78. The van der Waals surface area contributed by atoms with E-state index < -0.39 is 0 Å². The summed E-state index contributed by atoms with van der Waals surface area (Å²) in [6.07, 6.45) is 4.69. The van der Waals surface area contributed by atoms with Gasteiger partial charge in [-0.15, -0.1) is 0 Å². The molecule has 2 aliphatic rings. The van der Waals surface area contributed by atoms with Crippen LogP contribution in [0, 0.1) is 0 Å². The Bertz CT molecular complexity index is 686. The molecule has 2 aliphatic carbocycles. The van der Waals surface area contributed by atoms with Gasteiger partial charge in [0.2, 0.25) is 0 Å². The highest BCUT2D eigenvalue weighted by molar-refractivity contribution is 7.98. The highest BCUT2D eigenvalue weighted by atomic mass is 32.2. The number of rotatable bonds is 5. The predicted octanol–water partition coefficient (Wildman–Crippen LogP) is 1.94. The predicted molar refractivity (Wildman–Crippen MR) is 74.8 cm³/mol. The Labute approximate surface area is 119 Å². The Morgan fingerprint density at radius 2 is 2.00 bits per heavy atom. The van der Waals surface area contributed by atoms with Crippen LogP contribution in [0.5, 0.6) is 0 Å². The van der Waals surface area contributed by atoms with Crippen LogP contribution in [0.25, 0.3) is 0 Å². The second kappa shape index (κ2) is 4.73. The molecule has 7 heteroatoms. The van der Waals surface area contributed by atoms with Gasteiger partial charge < -0.3 is 4.98 Å². The molecular weight excluding hydrogens is 274 g/mol. The van der Waals surface area contributed by atoms with Crippen LogP contribution in [-0.4, -0.2) is 25.1 Å². The summed E-state index contributed by atoms with van der Waals surface area (Å²) in [5.41, 5.74) is 0.855. The maximum Gasteiger partial charge on any atom is 0.251 e. The van der Waals surface area contributed by atoms with Gasteiger partial charge in [0, 0.05) is 17.9 Å². The van der Waals surface area contributed by atoms with Gasteiger partial charge in [-0.3, -0.25) is 9.89 Å². The summed E-state index contributed by atoms with van der Waals surface area (Å²) in [5.74, 6) is 3.46. The average Bonchev–Trinajstić information content (AvgIpc) is 3.34. The lowest BCUT2D eigenvalue weighted by Crippen LogP contribution is -2.09.